The van der Waals surface area contributed by atoms with Crippen molar-refractivity contribution in [3.8, 4) is 11.5 Å². The number of fused-ring (bicyclic) bond motifs is 3. The van der Waals surface area contributed by atoms with E-state index in [4.69, 9.17) is 26.4 Å². The molecule has 14 nitrogen and oxygen atoms in total. The van der Waals surface area contributed by atoms with E-state index in [1.54, 1.807) is 25.6 Å². The van der Waals surface area contributed by atoms with E-state index < -0.39 is 15.9 Å². The van der Waals surface area contributed by atoms with Gasteiger partial charge >= 0.3 is 0 Å². The SMILES string of the molecule is COc1cc2c(cc1OCCCN1CCOCC1)[nH]c1nc[nH+]c(N3CCN(C(=S)Nc4ccc(S(=O)(=O)NC(C)=O)cc4)CC3)c12. The van der Waals surface area contributed by atoms with Crippen molar-refractivity contribution in [3.05, 3.63) is 42.7 Å². The third kappa shape index (κ3) is 7.51. The summed E-state index contributed by atoms with van der Waals surface area (Å²) in [6, 6.07) is 10.1. The lowest BCUT2D eigenvalue weighted by atomic mass is 10.1. The van der Waals surface area contributed by atoms with Crippen LogP contribution >= 0.6 is 12.2 Å². The van der Waals surface area contributed by atoms with Crippen LogP contribution in [0.15, 0.2) is 47.6 Å². The topological polar surface area (TPSA) is 155 Å². The molecular weight excluding hydrogens is 645 g/mol. The zero-order chi connectivity index (χ0) is 33.0. The second-order valence-electron chi connectivity index (χ2n) is 11.4. The van der Waals surface area contributed by atoms with Crippen LogP contribution in [-0.2, 0) is 19.6 Å². The third-order valence-electron chi connectivity index (χ3n) is 8.25. The fourth-order valence-corrected chi connectivity index (χ4v) is 7.16. The molecule has 250 valence electrons. The van der Waals surface area contributed by atoms with Crippen molar-refractivity contribution in [1.82, 2.24) is 24.5 Å². The number of nitrogens with one attached hydrogen (secondary N) is 4. The first kappa shape index (κ1) is 32.7. The standard InChI is InChI=1S/C31H38N8O6S2/c1-21(40)36-47(41,42)23-6-4-22(5-7-23)34-31(46)39-11-9-38(10-12-39)30-28-24-18-26(43-2)27(19-25(24)35-29(28)32-20-33-30)45-15-3-8-37-13-16-44-17-14-37/h4-7,18-20H,3,8-17H2,1-2H3,(H,34,46)(H,36,40)(H,32,33,35)/p+1. The minimum atomic E-state index is -3.90. The molecule has 2 aromatic heterocycles. The van der Waals surface area contributed by atoms with E-state index in [-0.39, 0.29) is 4.90 Å². The average molecular weight is 684 g/mol. The van der Waals surface area contributed by atoms with E-state index in [0.717, 1.165) is 73.9 Å². The molecule has 4 aromatic rings. The highest BCUT2D eigenvalue weighted by Crippen LogP contribution is 2.38. The van der Waals surface area contributed by atoms with Gasteiger partial charge in [0.05, 0.1) is 63.5 Å². The molecule has 0 saturated carbocycles. The second kappa shape index (κ2) is 14.3. The number of hydrogen-bond donors (Lipinski definition) is 3. The van der Waals surface area contributed by atoms with Gasteiger partial charge in [-0.05, 0) is 49.0 Å². The van der Waals surface area contributed by atoms with Gasteiger partial charge in [0.15, 0.2) is 16.6 Å². The molecule has 2 aliphatic heterocycles. The number of H-pyrrole nitrogens is 2. The highest BCUT2D eigenvalue weighted by Gasteiger charge is 2.28. The van der Waals surface area contributed by atoms with Gasteiger partial charge in [0, 0.05) is 43.7 Å². The van der Waals surface area contributed by atoms with Crippen LogP contribution in [0.3, 0.4) is 0 Å². The zero-order valence-electron chi connectivity index (χ0n) is 26.4. The number of benzene rings is 2. The number of morpholine rings is 1. The van der Waals surface area contributed by atoms with Crippen LogP contribution in [0.25, 0.3) is 21.9 Å². The number of piperazine rings is 1. The zero-order valence-corrected chi connectivity index (χ0v) is 28.0. The summed E-state index contributed by atoms with van der Waals surface area (Å²) in [4.78, 5) is 29.4. The number of sulfonamides is 1. The predicted octanol–water partition coefficient (Wildman–Crippen LogP) is 1.98. The number of thiocarbonyl (C=S) groups is 1. The number of methoxy groups -OCH3 is 1. The summed E-state index contributed by atoms with van der Waals surface area (Å²) in [5, 5.41) is 5.69. The Morgan fingerprint density at radius 1 is 1.09 bits per heavy atom. The monoisotopic (exact) mass is 683 g/mol. The smallest absolute Gasteiger partial charge is 0.264 e. The first-order valence-corrected chi connectivity index (χ1v) is 17.4. The summed E-state index contributed by atoms with van der Waals surface area (Å²) in [5.74, 6) is 1.67. The van der Waals surface area contributed by atoms with Crippen molar-refractivity contribution in [2.45, 2.75) is 18.2 Å². The van der Waals surface area contributed by atoms with Gasteiger partial charge in [-0.1, -0.05) is 4.98 Å². The lowest BCUT2D eigenvalue weighted by Gasteiger charge is -2.34. The Morgan fingerprint density at radius 2 is 1.83 bits per heavy atom. The molecule has 2 saturated heterocycles. The maximum atomic E-state index is 12.2. The van der Waals surface area contributed by atoms with E-state index in [2.05, 4.69) is 35.0 Å². The average Bonchev–Trinajstić information content (AvgIpc) is 3.44. The van der Waals surface area contributed by atoms with Gasteiger partial charge < -0.3 is 29.4 Å². The number of anilines is 2. The summed E-state index contributed by atoms with van der Waals surface area (Å²) < 4.78 is 43.8. The molecule has 0 aliphatic carbocycles. The Morgan fingerprint density at radius 3 is 2.53 bits per heavy atom. The van der Waals surface area contributed by atoms with Crippen LogP contribution < -0.4 is 29.4 Å². The van der Waals surface area contributed by atoms with E-state index >= 15 is 0 Å². The van der Waals surface area contributed by atoms with Crippen molar-refractivity contribution in [2.24, 2.45) is 0 Å². The predicted molar refractivity (Wildman–Crippen MR) is 182 cm³/mol. The molecule has 2 aliphatic rings. The van der Waals surface area contributed by atoms with Crippen molar-refractivity contribution < 1.29 is 32.4 Å². The maximum absolute atomic E-state index is 12.2. The van der Waals surface area contributed by atoms with E-state index in [9.17, 15) is 13.2 Å². The molecule has 2 fully saturated rings. The third-order valence-corrected chi connectivity index (χ3v) is 10.1. The van der Waals surface area contributed by atoms with Crippen LogP contribution in [0.4, 0.5) is 11.5 Å². The first-order chi connectivity index (χ1) is 22.7. The number of aromatic nitrogens is 3. The molecule has 0 unspecified atom stereocenters. The van der Waals surface area contributed by atoms with Gasteiger partial charge in [0.1, 0.15) is 5.39 Å². The molecule has 0 atom stereocenters. The number of nitrogens with zero attached hydrogens (tertiary/aromatic N) is 4. The molecule has 47 heavy (non-hydrogen) atoms. The lowest BCUT2D eigenvalue weighted by Crippen LogP contribution is -2.51. The molecular formula is C31H39N8O6S2+. The fraction of sp³-hybridized carbons (Fsp3) is 0.419. The van der Waals surface area contributed by atoms with Crippen LogP contribution in [0.2, 0.25) is 0 Å². The summed E-state index contributed by atoms with van der Waals surface area (Å²) in [5.41, 5.74) is 2.33. The van der Waals surface area contributed by atoms with Crippen molar-refractivity contribution in [2.75, 3.05) is 83.0 Å². The summed E-state index contributed by atoms with van der Waals surface area (Å²) >= 11 is 5.68. The fourth-order valence-electron chi connectivity index (χ4n) is 5.87. The Bertz CT molecular complexity index is 1850. The van der Waals surface area contributed by atoms with Crippen LogP contribution in [-0.4, -0.2) is 112 Å². The van der Waals surface area contributed by atoms with Crippen LogP contribution in [0, 0.1) is 0 Å². The molecule has 1 amide bonds. The second-order valence-corrected chi connectivity index (χ2v) is 13.5. The van der Waals surface area contributed by atoms with Gasteiger partial charge in [-0.15, -0.1) is 0 Å². The Labute approximate surface area is 278 Å². The molecule has 4 N–H and O–H groups in total. The molecule has 0 radical (unpaired) electrons. The minimum absolute atomic E-state index is 0.00386. The number of ether oxygens (including phenoxy) is 3. The van der Waals surface area contributed by atoms with Gasteiger partial charge in [-0.2, -0.15) is 0 Å². The maximum Gasteiger partial charge on any atom is 0.264 e. The quantitative estimate of drug-likeness (QED) is 0.165. The molecule has 16 heteroatoms. The van der Waals surface area contributed by atoms with Gasteiger partial charge in [-0.25, -0.2) is 18.1 Å². The molecule has 4 heterocycles. The van der Waals surface area contributed by atoms with E-state index in [1.165, 1.54) is 12.1 Å². The van der Waals surface area contributed by atoms with Gasteiger partial charge in [-0.3, -0.25) is 14.6 Å². The molecule has 0 spiro atoms. The van der Waals surface area contributed by atoms with Gasteiger partial charge in [0.2, 0.25) is 23.7 Å². The Balaban J connectivity index is 1.10. The van der Waals surface area contributed by atoms with Crippen LogP contribution in [0.5, 0.6) is 11.5 Å². The first-order valence-electron chi connectivity index (χ1n) is 15.5. The van der Waals surface area contributed by atoms with E-state index in [0.29, 0.717) is 55.1 Å². The molecule has 6 rings (SSSR count). The molecule has 0 bridgehead atoms. The Kier molecular flexibility index (Phi) is 9.91. The number of rotatable bonds is 10. The minimum Gasteiger partial charge on any atom is -0.493 e. The summed E-state index contributed by atoms with van der Waals surface area (Å²) in [6.45, 7) is 8.97. The van der Waals surface area contributed by atoms with E-state index in [1.807, 2.05) is 16.9 Å². The van der Waals surface area contributed by atoms with Crippen molar-refractivity contribution in [3.63, 3.8) is 0 Å². The normalized spacial score (nSPS) is 16.0. The number of carbonyl (C=O) groups excluding carboxylic acids is 1. The molecule has 2 aromatic carbocycles. The number of hydrogen-bond acceptors (Lipinski definition) is 10. The number of aromatic amines is 2. The van der Waals surface area contributed by atoms with Crippen LogP contribution in [0.1, 0.15) is 13.3 Å². The van der Waals surface area contributed by atoms with Crippen molar-refractivity contribution >= 4 is 66.7 Å². The lowest BCUT2D eigenvalue weighted by molar-refractivity contribution is -0.367. The summed E-state index contributed by atoms with van der Waals surface area (Å²) in [6.07, 6.45) is 2.61. The largest absolute Gasteiger partial charge is 0.493 e. The highest BCUT2D eigenvalue weighted by molar-refractivity contribution is 7.90. The Hall–Kier alpha value is -4.25. The number of carbonyl (C=O) groups is 1. The van der Waals surface area contributed by atoms with Crippen molar-refractivity contribution in [1.29, 1.82) is 0 Å². The van der Waals surface area contributed by atoms with Gasteiger partial charge in [0.25, 0.3) is 10.0 Å². The summed E-state index contributed by atoms with van der Waals surface area (Å²) in [7, 11) is -2.25. The number of amides is 1. The highest BCUT2D eigenvalue weighted by atomic mass is 32.2.